The maximum atomic E-state index is 6.46. The van der Waals surface area contributed by atoms with E-state index in [0.29, 0.717) is 17.9 Å². The molecule has 2 aliphatic carbocycles. The Labute approximate surface area is 125 Å². The number of hydrogen-bond acceptors (Lipinski definition) is 3. The van der Waals surface area contributed by atoms with Gasteiger partial charge in [-0.25, -0.2) is 9.97 Å². The molecule has 0 spiro atoms. The van der Waals surface area contributed by atoms with Gasteiger partial charge in [0.2, 0.25) is 0 Å². The first kappa shape index (κ1) is 12.9. The van der Waals surface area contributed by atoms with Crippen molar-refractivity contribution in [2.45, 2.75) is 58.0 Å². The second-order valence-electron chi connectivity index (χ2n) is 6.90. The van der Waals surface area contributed by atoms with Gasteiger partial charge < -0.3 is 14.9 Å². The number of hydrogen-bond donors (Lipinski definition) is 1. The van der Waals surface area contributed by atoms with Crippen molar-refractivity contribution in [3.05, 3.63) is 18.3 Å². The summed E-state index contributed by atoms with van der Waals surface area (Å²) in [6.45, 7) is 5.40. The molecule has 2 saturated carbocycles. The summed E-state index contributed by atoms with van der Waals surface area (Å²) in [5.41, 5.74) is 8.47. The Kier molecular flexibility index (Phi) is 2.84. The van der Waals surface area contributed by atoms with Crippen LogP contribution in [0, 0.1) is 5.92 Å². The number of imidazole rings is 2. The second kappa shape index (κ2) is 4.61. The van der Waals surface area contributed by atoms with E-state index in [4.69, 9.17) is 10.7 Å². The van der Waals surface area contributed by atoms with Crippen LogP contribution in [-0.2, 0) is 6.54 Å². The van der Waals surface area contributed by atoms with Crippen LogP contribution < -0.4 is 5.73 Å². The van der Waals surface area contributed by atoms with E-state index in [-0.39, 0.29) is 0 Å². The van der Waals surface area contributed by atoms with E-state index in [1.165, 1.54) is 31.5 Å². The van der Waals surface area contributed by atoms with Crippen molar-refractivity contribution in [3.8, 4) is 11.4 Å². The first-order valence-corrected chi connectivity index (χ1v) is 8.03. The standard InChI is InChI=1S/C16H23N5/c1-10(2)8-20-15(17)14(19-16(20)11-3-4-11)13-7-18-9-21(13)12-5-6-12/h7,9-12H,3-6,8,17H2,1-2H3. The largest absolute Gasteiger partial charge is 0.383 e. The van der Waals surface area contributed by atoms with Crippen LogP contribution in [0.1, 0.15) is 57.3 Å². The number of aromatic nitrogens is 4. The van der Waals surface area contributed by atoms with Gasteiger partial charge in [-0.1, -0.05) is 13.8 Å². The zero-order chi connectivity index (χ0) is 14.6. The third-order valence-electron chi connectivity index (χ3n) is 4.38. The molecule has 0 aromatic carbocycles. The fourth-order valence-electron chi connectivity index (χ4n) is 3.01. The summed E-state index contributed by atoms with van der Waals surface area (Å²) < 4.78 is 4.48. The predicted molar refractivity (Wildman–Crippen MR) is 82.9 cm³/mol. The summed E-state index contributed by atoms with van der Waals surface area (Å²) in [4.78, 5) is 9.23. The summed E-state index contributed by atoms with van der Waals surface area (Å²) in [6.07, 6.45) is 8.81. The number of rotatable bonds is 5. The van der Waals surface area contributed by atoms with Gasteiger partial charge in [0.25, 0.3) is 0 Å². The highest BCUT2D eigenvalue weighted by molar-refractivity contribution is 5.68. The van der Waals surface area contributed by atoms with Crippen LogP contribution in [0.2, 0.25) is 0 Å². The molecule has 0 amide bonds. The summed E-state index contributed by atoms with van der Waals surface area (Å²) in [7, 11) is 0. The lowest BCUT2D eigenvalue weighted by Gasteiger charge is -2.12. The molecule has 0 unspecified atom stereocenters. The Morgan fingerprint density at radius 3 is 2.67 bits per heavy atom. The van der Waals surface area contributed by atoms with Crippen molar-refractivity contribution in [3.63, 3.8) is 0 Å². The Balaban J connectivity index is 1.79. The number of nitrogens with zero attached hydrogens (tertiary/aromatic N) is 4. The average Bonchev–Trinajstić information content (AvgIpc) is 3.36. The van der Waals surface area contributed by atoms with Gasteiger partial charge in [-0.3, -0.25) is 0 Å². The smallest absolute Gasteiger partial charge is 0.133 e. The van der Waals surface area contributed by atoms with Crippen LogP contribution in [0.4, 0.5) is 5.82 Å². The lowest BCUT2D eigenvalue weighted by molar-refractivity contribution is 0.512. The van der Waals surface area contributed by atoms with Crippen molar-refractivity contribution < 1.29 is 0 Å². The van der Waals surface area contributed by atoms with Gasteiger partial charge in [-0.05, 0) is 31.6 Å². The molecule has 0 radical (unpaired) electrons. The molecular formula is C16H23N5. The zero-order valence-corrected chi connectivity index (χ0v) is 12.8. The zero-order valence-electron chi connectivity index (χ0n) is 12.8. The van der Waals surface area contributed by atoms with Crippen molar-refractivity contribution in [2.24, 2.45) is 5.92 Å². The molecule has 0 saturated heterocycles. The molecule has 2 heterocycles. The maximum absolute atomic E-state index is 6.46. The van der Waals surface area contributed by atoms with Crippen molar-refractivity contribution in [2.75, 3.05) is 5.73 Å². The highest BCUT2D eigenvalue weighted by Gasteiger charge is 2.33. The van der Waals surface area contributed by atoms with E-state index in [2.05, 4.69) is 28.0 Å². The van der Waals surface area contributed by atoms with E-state index in [1.54, 1.807) is 0 Å². The summed E-state index contributed by atoms with van der Waals surface area (Å²) in [5.74, 6) is 3.17. The fraction of sp³-hybridized carbons (Fsp3) is 0.625. The van der Waals surface area contributed by atoms with E-state index in [0.717, 1.165) is 23.8 Å². The van der Waals surface area contributed by atoms with Crippen LogP contribution in [0.25, 0.3) is 11.4 Å². The maximum Gasteiger partial charge on any atom is 0.133 e. The minimum absolute atomic E-state index is 0.570. The van der Waals surface area contributed by atoms with Crippen LogP contribution in [0.15, 0.2) is 12.5 Å². The third kappa shape index (κ3) is 2.24. The van der Waals surface area contributed by atoms with Crippen molar-refractivity contribution in [1.82, 2.24) is 19.1 Å². The molecule has 2 fully saturated rings. The monoisotopic (exact) mass is 285 g/mol. The predicted octanol–water partition coefficient (Wildman–Crippen LogP) is 3.20. The number of anilines is 1. The SMILES string of the molecule is CC(C)Cn1c(C2CC2)nc(-c2cncn2C2CC2)c1N. The first-order valence-electron chi connectivity index (χ1n) is 8.03. The summed E-state index contributed by atoms with van der Waals surface area (Å²) in [6, 6.07) is 0.599. The third-order valence-corrected chi connectivity index (χ3v) is 4.38. The minimum Gasteiger partial charge on any atom is -0.383 e. The van der Waals surface area contributed by atoms with Crippen LogP contribution in [0.3, 0.4) is 0 Å². The Morgan fingerprint density at radius 2 is 2.05 bits per heavy atom. The average molecular weight is 285 g/mol. The molecule has 112 valence electrons. The number of nitrogen functional groups attached to an aromatic ring is 1. The molecule has 0 aliphatic heterocycles. The van der Waals surface area contributed by atoms with Gasteiger partial charge in [0, 0.05) is 18.5 Å². The van der Waals surface area contributed by atoms with Crippen LogP contribution in [0.5, 0.6) is 0 Å². The van der Waals surface area contributed by atoms with E-state index in [9.17, 15) is 0 Å². The lowest BCUT2D eigenvalue weighted by atomic mass is 10.2. The number of nitrogens with two attached hydrogens (primary N) is 1. The molecule has 5 heteroatoms. The van der Waals surface area contributed by atoms with Crippen molar-refractivity contribution >= 4 is 5.82 Å². The highest BCUT2D eigenvalue weighted by Crippen LogP contribution is 2.44. The van der Waals surface area contributed by atoms with E-state index in [1.807, 2.05) is 12.5 Å². The molecule has 5 nitrogen and oxygen atoms in total. The van der Waals surface area contributed by atoms with Gasteiger partial charge in [0.05, 0.1) is 18.2 Å². The highest BCUT2D eigenvalue weighted by atomic mass is 15.2. The van der Waals surface area contributed by atoms with Gasteiger partial charge in [-0.2, -0.15) is 0 Å². The Morgan fingerprint density at radius 1 is 1.29 bits per heavy atom. The molecule has 2 N–H and O–H groups in total. The van der Waals surface area contributed by atoms with Crippen molar-refractivity contribution in [1.29, 1.82) is 0 Å². The second-order valence-corrected chi connectivity index (χ2v) is 6.90. The van der Waals surface area contributed by atoms with E-state index >= 15 is 0 Å². The van der Waals surface area contributed by atoms with Gasteiger partial charge in [-0.15, -0.1) is 0 Å². The topological polar surface area (TPSA) is 61.7 Å². The molecule has 2 aliphatic rings. The van der Waals surface area contributed by atoms with Gasteiger partial charge >= 0.3 is 0 Å². The summed E-state index contributed by atoms with van der Waals surface area (Å²) in [5, 5.41) is 0. The van der Waals surface area contributed by atoms with Crippen LogP contribution in [-0.4, -0.2) is 19.1 Å². The minimum atomic E-state index is 0.570. The van der Waals surface area contributed by atoms with Gasteiger partial charge in [0.1, 0.15) is 17.3 Å². The quantitative estimate of drug-likeness (QED) is 0.917. The molecule has 2 aromatic rings. The fourth-order valence-corrected chi connectivity index (χ4v) is 3.01. The molecule has 4 rings (SSSR count). The molecule has 21 heavy (non-hydrogen) atoms. The molecule has 0 bridgehead atoms. The summed E-state index contributed by atoms with van der Waals surface area (Å²) >= 11 is 0. The molecular weight excluding hydrogens is 262 g/mol. The lowest BCUT2D eigenvalue weighted by Crippen LogP contribution is -2.11. The van der Waals surface area contributed by atoms with E-state index < -0.39 is 0 Å². The molecule has 0 atom stereocenters. The molecule has 2 aromatic heterocycles. The Hall–Kier alpha value is -1.78. The van der Waals surface area contributed by atoms with Gasteiger partial charge in [0.15, 0.2) is 0 Å². The first-order chi connectivity index (χ1) is 10.1. The normalized spacial score (nSPS) is 18.6. The Bertz CT molecular complexity index is 658. The van der Waals surface area contributed by atoms with Crippen LogP contribution >= 0.6 is 0 Å².